The second kappa shape index (κ2) is 6.45. The summed E-state index contributed by atoms with van der Waals surface area (Å²) in [6.07, 6.45) is 5.89. The van der Waals surface area contributed by atoms with Gasteiger partial charge in [-0.3, -0.25) is 0 Å². The number of urea groups is 1. The molecule has 0 aliphatic heterocycles. The fourth-order valence-corrected chi connectivity index (χ4v) is 2.76. The van der Waals surface area contributed by atoms with E-state index in [1.54, 1.807) is 12.1 Å². The topological polar surface area (TPSA) is 67.2 Å². The number of anilines is 2. The lowest BCUT2D eigenvalue weighted by Crippen LogP contribution is -2.40. The van der Waals surface area contributed by atoms with E-state index >= 15 is 0 Å². The van der Waals surface area contributed by atoms with Crippen LogP contribution in [0, 0.1) is 5.92 Å². The molecule has 1 aromatic carbocycles. The fourth-order valence-electron chi connectivity index (χ4n) is 2.76. The number of rotatable bonds is 3. The van der Waals surface area contributed by atoms with Crippen molar-refractivity contribution in [1.82, 2.24) is 5.32 Å². The van der Waals surface area contributed by atoms with Crippen LogP contribution in [-0.2, 0) is 0 Å². The first-order valence-electron chi connectivity index (χ1n) is 7.10. The van der Waals surface area contributed by atoms with Gasteiger partial charge in [0.1, 0.15) is 0 Å². The quantitative estimate of drug-likeness (QED) is 0.730. The minimum Gasteiger partial charge on any atom is -0.399 e. The number of hydrogen-bond acceptors (Lipinski definition) is 2. The molecule has 0 radical (unpaired) electrons. The lowest BCUT2D eigenvalue weighted by molar-refractivity contribution is 0.235. The van der Waals surface area contributed by atoms with E-state index in [2.05, 4.69) is 17.6 Å². The first kappa shape index (κ1) is 13.7. The van der Waals surface area contributed by atoms with Gasteiger partial charge in [0.15, 0.2) is 0 Å². The van der Waals surface area contributed by atoms with E-state index in [1.807, 2.05) is 12.1 Å². The maximum Gasteiger partial charge on any atom is 0.319 e. The van der Waals surface area contributed by atoms with Crippen molar-refractivity contribution in [2.75, 3.05) is 11.1 Å². The average molecular weight is 261 g/mol. The molecule has 0 bridgehead atoms. The Kier molecular flexibility index (Phi) is 4.66. The predicted octanol–water partition coefficient (Wildman–Crippen LogP) is 3.36. The smallest absolute Gasteiger partial charge is 0.319 e. The third-order valence-electron chi connectivity index (χ3n) is 3.84. The Hall–Kier alpha value is -1.71. The second-order valence-corrected chi connectivity index (χ2v) is 5.36. The summed E-state index contributed by atoms with van der Waals surface area (Å²) >= 11 is 0. The summed E-state index contributed by atoms with van der Waals surface area (Å²) in [6, 6.07) is 7.41. The van der Waals surface area contributed by atoms with Crippen LogP contribution < -0.4 is 16.4 Å². The van der Waals surface area contributed by atoms with Crippen molar-refractivity contribution in [3.8, 4) is 0 Å². The summed E-state index contributed by atoms with van der Waals surface area (Å²) in [5.41, 5.74) is 7.07. The lowest BCUT2D eigenvalue weighted by Gasteiger charge is -2.29. The Bertz CT molecular complexity index is 433. The van der Waals surface area contributed by atoms with Crippen LogP contribution in [0.25, 0.3) is 0 Å². The number of nitrogen functional groups attached to an aromatic ring is 1. The van der Waals surface area contributed by atoms with Crippen LogP contribution in [0.4, 0.5) is 16.2 Å². The van der Waals surface area contributed by atoms with E-state index in [0.717, 1.165) is 24.4 Å². The molecule has 1 aliphatic carbocycles. The van der Waals surface area contributed by atoms with Gasteiger partial charge in [-0.25, -0.2) is 4.79 Å². The molecule has 4 heteroatoms. The van der Waals surface area contributed by atoms with Crippen molar-refractivity contribution >= 4 is 17.4 Å². The Morgan fingerprint density at radius 3 is 3.00 bits per heavy atom. The van der Waals surface area contributed by atoms with E-state index in [4.69, 9.17) is 5.73 Å². The highest BCUT2D eigenvalue weighted by atomic mass is 16.2. The van der Waals surface area contributed by atoms with Crippen LogP contribution in [0.3, 0.4) is 0 Å². The van der Waals surface area contributed by atoms with Gasteiger partial charge in [-0.2, -0.15) is 0 Å². The van der Waals surface area contributed by atoms with Gasteiger partial charge in [0.2, 0.25) is 0 Å². The molecule has 1 aromatic rings. The van der Waals surface area contributed by atoms with Crippen LogP contribution in [0.2, 0.25) is 0 Å². The monoisotopic (exact) mass is 261 g/mol. The summed E-state index contributed by atoms with van der Waals surface area (Å²) < 4.78 is 0. The third kappa shape index (κ3) is 4.16. The third-order valence-corrected chi connectivity index (χ3v) is 3.84. The summed E-state index contributed by atoms with van der Waals surface area (Å²) in [5, 5.41) is 5.89. The number of nitrogens with one attached hydrogen (secondary N) is 2. The van der Waals surface area contributed by atoms with Crippen LogP contribution in [0.1, 0.15) is 39.0 Å². The number of hydrogen-bond donors (Lipinski definition) is 3. The Labute approximate surface area is 114 Å². The van der Waals surface area contributed by atoms with E-state index in [-0.39, 0.29) is 6.03 Å². The molecular weight excluding hydrogens is 238 g/mol. The first-order valence-corrected chi connectivity index (χ1v) is 7.10. The SMILES string of the molecule is CCC1CCCC(NC(=O)Nc2cccc(N)c2)C1. The molecule has 2 amide bonds. The van der Waals surface area contributed by atoms with Gasteiger partial charge >= 0.3 is 6.03 Å². The number of carbonyl (C=O) groups excluding carboxylic acids is 1. The highest BCUT2D eigenvalue weighted by molar-refractivity contribution is 5.89. The molecule has 1 saturated carbocycles. The average Bonchev–Trinajstić information content (AvgIpc) is 2.38. The van der Waals surface area contributed by atoms with Gasteiger partial charge in [-0.15, -0.1) is 0 Å². The highest BCUT2D eigenvalue weighted by Crippen LogP contribution is 2.26. The van der Waals surface area contributed by atoms with Crippen molar-refractivity contribution in [3.05, 3.63) is 24.3 Å². The van der Waals surface area contributed by atoms with Gasteiger partial charge in [0.25, 0.3) is 0 Å². The molecule has 0 spiro atoms. The van der Waals surface area contributed by atoms with Crippen LogP contribution in [0.15, 0.2) is 24.3 Å². The van der Waals surface area contributed by atoms with Gasteiger partial charge < -0.3 is 16.4 Å². The molecule has 104 valence electrons. The Balaban J connectivity index is 1.84. The molecule has 0 saturated heterocycles. The van der Waals surface area contributed by atoms with E-state index in [0.29, 0.717) is 11.7 Å². The lowest BCUT2D eigenvalue weighted by atomic mass is 9.84. The molecule has 0 heterocycles. The molecule has 19 heavy (non-hydrogen) atoms. The summed E-state index contributed by atoms with van der Waals surface area (Å²) in [6.45, 7) is 2.22. The summed E-state index contributed by atoms with van der Waals surface area (Å²) in [5.74, 6) is 0.756. The second-order valence-electron chi connectivity index (χ2n) is 5.36. The van der Waals surface area contributed by atoms with E-state index in [1.165, 1.54) is 19.3 Å². The summed E-state index contributed by atoms with van der Waals surface area (Å²) in [4.78, 5) is 11.9. The predicted molar refractivity (Wildman–Crippen MR) is 79.0 cm³/mol. The van der Waals surface area contributed by atoms with Gasteiger partial charge in [0, 0.05) is 17.4 Å². The molecule has 2 rings (SSSR count). The van der Waals surface area contributed by atoms with Gasteiger partial charge in [-0.05, 0) is 37.0 Å². The highest BCUT2D eigenvalue weighted by Gasteiger charge is 2.21. The van der Waals surface area contributed by atoms with Gasteiger partial charge in [-0.1, -0.05) is 32.3 Å². The van der Waals surface area contributed by atoms with E-state index in [9.17, 15) is 4.79 Å². The number of nitrogens with two attached hydrogens (primary N) is 1. The van der Waals surface area contributed by atoms with Crippen molar-refractivity contribution in [2.45, 2.75) is 45.1 Å². The molecule has 4 N–H and O–H groups in total. The normalized spacial score (nSPS) is 22.8. The first-order chi connectivity index (χ1) is 9.17. The maximum atomic E-state index is 11.9. The molecule has 1 fully saturated rings. The van der Waals surface area contributed by atoms with Gasteiger partial charge in [0.05, 0.1) is 0 Å². The van der Waals surface area contributed by atoms with Crippen LogP contribution >= 0.6 is 0 Å². The summed E-state index contributed by atoms with van der Waals surface area (Å²) in [7, 11) is 0. The van der Waals surface area contributed by atoms with Crippen LogP contribution in [-0.4, -0.2) is 12.1 Å². The number of benzene rings is 1. The minimum atomic E-state index is -0.132. The number of carbonyl (C=O) groups is 1. The molecular formula is C15H23N3O. The molecule has 2 atom stereocenters. The maximum absolute atomic E-state index is 11.9. The minimum absolute atomic E-state index is 0.132. The van der Waals surface area contributed by atoms with Crippen molar-refractivity contribution in [2.24, 2.45) is 5.92 Å². The molecule has 1 aliphatic rings. The zero-order chi connectivity index (χ0) is 13.7. The zero-order valence-corrected chi connectivity index (χ0v) is 11.5. The van der Waals surface area contributed by atoms with E-state index < -0.39 is 0 Å². The van der Waals surface area contributed by atoms with Crippen molar-refractivity contribution in [3.63, 3.8) is 0 Å². The Morgan fingerprint density at radius 1 is 1.42 bits per heavy atom. The van der Waals surface area contributed by atoms with Crippen molar-refractivity contribution in [1.29, 1.82) is 0 Å². The molecule has 2 unspecified atom stereocenters. The van der Waals surface area contributed by atoms with Crippen LogP contribution in [0.5, 0.6) is 0 Å². The molecule has 4 nitrogen and oxygen atoms in total. The largest absolute Gasteiger partial charge is 0.399 e. The fraction of sp³-hybridized carbons (Fsp3) is 0.533. The zero-order valence-electron chi connectivity index (χ0n) is 11.5. The standard InChI is InChI=1S/C15H23N3O/c1-2-11-5-3-7-13(9-11)17-15(19)18-14-8-4-6-12(16)10-14/h4,6,8,10-11,13H,2-3,5,7,9,16H2,1H3,(H2,17,18,19). The van der Waals surface area contributed by atoms with Crippen molar-refractivity contribution < 1.29 is 4.79 Å². The Morgan fingerprint density at radius 2 is 2.26 bits per heavy atom. The number of amides is 2. The molecule has 0 aromatic heterocycles.